The monoisotopic (exact) mass is 369 g/mol. The molecule has 0 atom stereocenters. The van der Waals surface area contributed by atoms with Crippen LogP contribution in [0.15, 0.2) is 78.9 Å². The van der Waals surface area contributed by atoms with Crippen LogP contribution in [0.5, 0.6) is 0 Å². The first-order valence-corrected chi connectivity index (χ1v) is 10.2. The largest absolute Gasteiger partial charge is 0.316 e. The van der Waals surface area contributed by atoms with Crippen molar-refractivity contribution in [3.63, 3.8) is 0 Å². The highest BCUT2D eigenvalue weighted by atomic mass is 14.8. The zero-order valence-corrected chi connectivity index (χ0v) is 16.2. The Morgan fingerprint density at radius 1 is 0.517 bits per heavy atom. The Balaban J connectivity index is 1.79. The summed E-state index contributed by atoms with van der Waals surface area (Å²) >= 11 is 0. The molecule has 0 saturated carbocycles. The topological polar surface area (TPSA) is 12.0 Å². The van der Waals surface area contributed by atoms with Gasteiger partial charge in [0.1, 0.15) is 0 Å². The second kappa shape index (κ2) is 5.34. The van der Waals surface area contributed by atoms with E-state index in [0.717, 1.165) is 6.54 Å². The standard InChI is InChI=1S/C28H19N/c1-29-15-16-13-19-7-11-23-21-9-5-17-3-2-4-18-6-10-22(27(21)25(17)18)24-12-8-20(14-16)26(19)28(23)24/h2-14,29H,15H2,1H3. The molecular weight excluding hydrogens is 350 g/mol. The summed E-state index contributed by atoms with van der Waals surface area (Å²) in [5, 5.41) is 19.7. The van der Waals surface area contributed by atoms with E-state index in [4.69, 9.17) is 0 Å². The van der Waals surface area contributed by atoms with Crippen molar-refractivity contribution >= 4 is 64.6 Å². The van der Waals surface area contributed by atoms with Crippen LogP contribution >= 0.6 is 0 Å². The maximum absolute atomic E-state index is 3.29. The molecule has 7 aromatic carbocycles. The zero-order valence-electron chi connectivity index (χ0n) is 16.2. The SMILES string of the molecule is CNCc1cc2ccc3c4ccc5cccc6ccc(c7ccc(c1)c2c37)c4c56. The van der Waals surface area contributed by atoms with Crippen LogP contribution in [0.25, 0.3) is 64.6 Å². The first-order valence-electron chi connectivity index (χ1n) is 10.2. The summed E-state index contributed by atoms with van der Waals surface area (Å²) in [4.78, 5) is 0. The highest BCUT2D eigenvalue weighted by Crippen LogP contribution is 2.45. The number of hydrogen-bond acceptors (Lipinski definition) is 1. The molecule has 0 fully saturated rings. The van der Waals surface area contributed by atoms with Crippen molar-refractivity contribution in [3.8, 4) is 0 Å². The van der Waals surface area contributed by atoms with Gasteiger partial charge in [0.2, 0.25) is 0 Å². The first-order chi connectivity index (χ1) is 14.3. The molecule has 0 heterocycles. The fourth-order valence-electron chi connectivity index (χ4n) is 5.52. The number of hydrogen-bond donors (Lipinski definition) is 1. The van der Waals surface area contributed by atoms with Gasteiger partial charge < -0.3 is 5.32 Å². The van der Waals surface area contributed by atoms with Gasteiger partial charge in [0, 0.05) is 6.54 Å². The second-order valence-corrected chi connectivity index (χ2v) is 8.23. The van der Waals surface area contributed by atoms with E-state index >= 15 is 0 Å². The molecule has 0 spiro atoms. The van der Waals surface area contributed by atoms with E-state index in [-0.39, 0.29) is 0 Å². The number of rotatable bonds is 2. The molecule has 0 radical (unpaired) electrons. The van der Waals surface area contributed by atoms with Crippen molar-refractivity contribution in [2.45, 2.75) is 6.54 Å². The Bertz CT molecular complexity index is 1590. The predicted molar refractivity (Wildman–Crippen MR) is 127 cm³/mol. The van der Waals surface area contributed by atoms with E-state index in [1.165, 1.54) is 70.2 Å². The summed E-state index contributed by atoms with van der Waals surface area (Å²) in [5.74, 6) is 0. The van der Waals surface area contributed by atoms with Crippen molar-refractivity contribution in [2.24, 2.45) is 0 Å². The van der Waals surface area contributed by atoms with Crippen LogP contribution in [-0.4, -0.2) is 7.05 Å². The minimum atomic E-state index is 0.891. The average Bonchev–Trinajstić information content (AvgIpc) is 2.76. The van der Waals surface area contributed by atoms with Gasteiger partial charge in [-0.1, -0.05) is 66.7 Å². The van der Waals surface area contributed by atoms with Gasteiger partial charge in [-0.3, -0.25) is 0 Å². The van der Waals surface area contributed by atoms with Gasteiger partial charge in [-0.15, -0.1) is 0 Å². The van der Waals surface area contributed by atoms with E-state index in [2.05, 4.69) is 84.2 Å². The average molecular weight is 369 g/mol. The molecule has 0 saturated heterocycles. The highest BCUT2D eigenvalue weighted by Gasteiger charge is 2.17. The van der Waals surface area contributed by atoms with Crippen LogP contribution in [0, 0.1) is 0 Å². The van der Waals surface area contributed by atoms with Crippen molar-refractivity contribution in [2.75, 3.05) is 7.05 Å². The van der Waals surface area contributed by atoms with E-state index in [1.54, 1.807) is 0 Å². The fraction of sp³-hybridized carbons (Fsp3) is 0.0714. The molecule has 0 aliphatic rings. The van der Waals surface area contributed by atoms with Crippen molar-refractivity contribution in [3.05, 3.63) is 84.4 Å². The Morgan fingerprint density at radius 3 is 1.45 bits per heavy atom. The lowest BCUT2D eigenvalue weighted by molar-refractivity contribution is 0.820. The molecule has 1 nitrogen and oxygen atoms in total. The van der Waals surface area contributed by atoms with Gasteiger partial charge in [0.25, 0.3) is 0 Å². The maximum atomic E-state index is 3.29. The molecule has 0 aliphatic heterocycles. The smallest absolute Gasteiger partial charge is 0.0202 e. The molecule has 0 amide bonds. The van der Waals surface area contributed by atoms with Crippen molar-refractivity contribution in [1.29, 1.82) is 0 Å². The summed E-state index contributed by atoms with van der Waals surface area (Å²) in [6.45, 7) is 0.891. The highest BCUT2D eigenvalue weighted by molar-refractivity contribution is 6.39. The molecule has 29 heavy (non-hydrogen) atoms. The second-order valence-electron chi connectivity index (χ2n) is 8.23. The molecule has 1 heteroatoms. The molecule has 0 aliphatic carbocycles. The van der Waals surface area contributed by atoms with Crippen LogP contribution in [0.2, 0.25) is 0 Å². The molecule has 7 aromatic rings. The summed E-state index contributed by atoms with van der Waals surface area (Å²) in [6, 6.07) is 29.8. The predicted octanol–water partition coefficient (Wildman–Crippen LogP) is 7.20. The van der Waals surface area contributed by atoms with Crippen LogP contribution in [0.1, 0.15) is 5.56 Å². The Labute approximate surface area is 168 Å². The van der Waals surface area contributed by atoms with Crippen LogP contribution in [0.4, 0.5) is 0 Å². The first kappa shape index (κ1) is 15.5. The third kappa shape index (κ3) is 1.88. The normalized spacial score (nSPS) is 12.6. The molecule has 7 rings (SSSR count). The number of benzene rings is 7. The van der Waals surface area contributed by atoms with Crippen molar-refractivity contribution < 1.29 is 0 Å². The minimum absolute atomic E-state index is 0.891. The quantitative estimate of drug-likeness (QED) is 0.251. The lowest BCUT2D eigenvalue weighted by Gasteiger charge is -2.18. The van der Waals surface area contributed by atoms with Crippen LogP contribution in [-0.2, 0) is 6.54 Å². The zero-order chi connectivity index (χ0) is 19.1. The third-order valence-corrected chi connectivity index (χ3v) is 6.64. The van der Waals surface area contributed by atoms with Gasteiger partial charge in [0.05, 0.1) is 0 Å². The van der Waals surface area contributed by atoms with Gasteiger partial charge in [-0.2, -0.15) is 0 Å². The molecule has 1 N–H and O–H groups in total. The Morgan fingerprint density at radius 2 is 0.966 bits per heavy atom. The van der Waals surface area contributed by atoms with Gasteiger partial charge in [-0.05, 0) is 89.4 Å². The van der Waals surface area contributed by atoms with E-state index in [1.807, 2.05) is 7.05 Å². The fourth-order valence-corrected chi connectivity index (χ4v) is 5.52. The summed E-state index contributed by atoms with van der Waals surface area (Å²) in [7, 11) is 2.01. The summed E-state index contributed by atoms with van der Waals surface area (Å²) < 4.78 is 0. The van der Waals surface area contributed by atoms with Crippen LogP contribution < -0.4 is 5.32 Å². The lowest BCUT2D eigenvalue weighted by atomic mass is 9.85. The summed E-state index contributed by atoms with van der Waals surface area (Å²) in [6.07, 6.45) is 0. The Kier molecular flexibility index (Phi) is 2.85. The Hall–Kier alpha value is -3.42. The molecule has 136 valence electrons. The molecule has 0 aromatic heterocycles. The number of nitrogens with one attached hydrogen (secondary N) is 1. The number of fused-ring (bicyclic) bond motifs is 2. The van der Waals surface area contributed by atoms with Crippen molar-refractivity contribution in [1.82, 2.24) is 5.32 Å². The van der Waals surface area contributed by atoms with Gasteiger partial charge in [-0.25, -0.2) is 0 Å². The van der Waals surface area contributed by atoms with Gasteiger partial charge >= 0.3 is 0 Å². The van der Waals surface area contributed by atoms with E-state index < -0.39 is 0 Å². The van der Waals surface area contributed by atoms with Gasteiger partial charge in [0.15, 0.2) is 0 Å². The van der Waals surface area contributed by atoms with Crippen LogP contribution in [0.3, 0.4) is 0 Å². The summed E-state index contributed by atoms with van der Waals surface area (Å²) in [5.41, 5.74) is 1.33. The lowest BCUT2D eigenvalue weighted by Crippen LogP contribution is -2.04. The molecular formula is C28H19N. The molecule has 0 unspecified atom stereocenters. The third-order valence-electron chi connectivity index (χ3n) is 6.64. The van der Waals surface area contributed by atoms with E-state index in [9.17, 15) is 0 Å². The molecule has 0 bridgehead atoms. The van der Waals surface area contributed by atoms with E-state index in [0.29, 0.717) is 0 Å². The minimum Gasteiger partial charge on any atom is -0.316 e. The maximum Gasteiger partial charge on any atom is 0.0202 e.